The van der Waals surface area contributed by atoms with E-state index in [0.717, 1.165) is 11.3 Å². The van der Waals surface area contributed by atoms with E-state index in [9.17, 15) is 0 Å². The van der Waals surface area contributed by atoms with Crippen LogP contribution < -0.4 is 5.01 Å². The number of hydrazone groups is 1. The fraction of sp³-hybridized carbons (Fsp3) is 0.0714. The summed E-state index contributed by atoms with van der Waals surface area (Å²) in [5.74, 6) is 0. The molecule has 0 aromatic heterocycles. The van der Waals surface area contributed by atoms with E-state index in [2.05, 4.69) is 5.10 Å². The molecular formula is C14H12N2O. The zero-order chi connectivity index (χ0) is 11.5. The smallest absolute Gasteiger partial charge is 0.219 e. The number of nitrogens with zero attached hydrogens (tertiary/aromatic N) is 2. The Kier molecular flexibility index (Phi) is 2.50. The molecule has 0 N–H and O–H groups in total. The number of anilines is 1. The highest BCUT2D eigenvalue weighted by Crippen LogP contribution is 2.30. The molecule has 1 atom stereocenters. The number of hydrogen-bond acceptors (Lipinski definition) is 3. The molecule has 1 aliphatic rings. The van der Waals surface area contributed by atoms with Crippen LogP contribution in [0.3, 0.4) is 0 Å². The lowest BCUT2D eigenvalue weighted by atomic mass is 10.2. The lowest BCUT2D eigenvalue weighted by molar-refractivity contribution is 0.227. The van der Waals surface area contributed by atoms with E-state index in [0.29, 0.717) is 0 Å². The summed E-state index contributed by atoms with van der Waals surface area (Å²) in [4.78, 5) is 0. The molecule has 3 heteroatoms. The number of benzene rings is 2. The van der Waals surface area contributed by atoms with Crippen molar-refractivity contribution in [3.8, 4) is 0 Å². The van der Waals surface area contributed by atoms with E-state index in [-0.39, 0.29) is 6.23 Å². The molecule has 3 rings (SSSR count). The summed E-state index contributed by atoms with van der Waals surface area (Å²) in [6.45, 7) is 0. The number of hydrogen-bond donors (Lipinski definition) is 0. The third-order valence-corrected chi connectivity index (χ3v) is 2.69. The Balaban J connectivity index is 1.93. The van der Waals surface area contributed by atoms with Gasteiger partial charge in [-0.15, -0.1) is 5.10 Å². The Hall–Kier alpha value is -2.29. The minimum atomic E-state index is -0.168. The van der Waals surface area contributed by atoms with Gasteiger partial charge in [0.1, 0.15) is 0 Å². The van der Waals surface area contributed by atoms with Gasteiger partial charge in [-0.3, -0.25) is 0 Å². The van der Waals surface area contributed by atoms with Crippen LogP contribution in [0.2, 0.25) is 0 Å². The molecule has 17 heavy (non-hydrogen) atoms. The Labute approximate surface area is 100.0 Å². The molecule has 0 saturated heterocycles. The van der Waals surface area contributed by atoms with Gasteiger partial charge in [0.05, 0.1) is 5.69 Å². The lowest BCUT2D eigenvalue weighted by Crippen LogP contribution is -2.19. The Morgan fingerprint density at radius 1 is 0.882 bits per heavy atom. The van der Waals surface area contributed by atoms with E-state index in [1.807, 2.05) is 65.7 Å². The van der Waals surface area contributed by atoms with Gasteiger partial charge in [0, 0.05) is 5.56 Å². The molecule has 0 aliphatic carbocycles. The van der Waals surface area contributed by atoms with Crippen LogP contribution in [0.25, 0.3) is 0 Å². The first-order chi connectivity index (χ1) is 8.45. The molecule has 1 unspecified atom stereocenters. The van der Waals surface area contributed by atoms with Crippen LogP contribution in [-0.4, -0.2) is 6.40 Å². The van der Waals surface area contributed by atoms with E-state index in [1.165, 1.54) is 6.40 Å². The van der Waals surface area contributed by atoms with Gasteiger partial charge in [0.2, 0.25) is 6.23 Å². The molecule has 0 saturated carbocycles. The largest absolute Gasteiger partial charge is 0.452 e. The van der Waals surface area contributed by atoms with Crippen LogP contribution in [-0.2, 0) is 4.74 Å². The van der Waals surface area contributed by atoms with Crippen LogP contribution in [0, 0.1) is 0 Å². The van der Waals surface area contributed by atoms with Gasteiger partial charge in [-0.25, -0.2) is 5.01 Å². The van der Waals surface area contributed by atoms with Gasteiger partial charge in [-0.2, -0.15) is 0 Å². The monoisotopic (exact) mass is 224 g/mol. The summed E-state index contributed by atoms with van der Waals surface area (Å²) in [6.07, 6.45) is 1.32. The fourth-order valence-electron chi connectivity index (χ4n) is 1.87. The van der Waals surface area contributed by atoms with E-state index in [4.69, 9.17) is 4.74 Å². The maximum atomic E-state index is 5.54. The van der Waals surface area contributed by atoms with E-state index in [1.54, 1.807) is 0 Å². The minimum absolute atomic E-state index is 0.168. The predicted molar refractivity (Wildman–Crippen MR) is 67.7 cm³/mol. The quantitative estimate of drug-likeness (QED) is 0.782. The van der Waals surface area contributed by atoms with Crippen molar-refractivity contribution < 1.29 is 4.74 Å². The van der Waals surface area contributed by atoms with Crippen molar-refractivity contribution in [3.05, 3.63) is 66.2 Å². The molecular weight excluding hydrogens is 212 g/mol. The van der Waals surface area contributed by atoms with E-state index < -0.39 is 0 Å². The van der Waals surface area contributed by atoms with Crippen molar-refractivity contribution in [2.45, 2.75) is 6.23 Å². The molecule has 0 radical (unpaired) electrons. The summed E-state index contributed by atoms with van der Waals surface area (Å²) in [5, 5.41) is 6.12. The standard InChI is InChI=1S/C14H12N2O/c1-3-7-12(8-4-1)14-16(15-11-17-14)13-9-5-2-6-10-13/h1-11,14H. The molecule has 0 amide bonds. The van der Waals surface area contributed by atoms with Gasteiger partial charge in [-0.05, 0) is 12.1 Å². The molecule has 0 fully saturated rings. The molecule has 3 nitrogen and oxygen atoms in total. The van der Waals surface area contributed by atoms with Crippen LogP contribution in [0.5, 0.6) is 0 Å². The van der Waals surface area contributed by atoms with Gasteiger partial charge in [0.25, 0.3) is 0 Å². The molecule has 2 aromatic carbocycles. The molecule has 0 bridgehead atoms. The fourth-order valence-corrected chi connectivity index (χ4v) is 1.87. The topological polar surface area (TPSA) is 24.8 Å². The minimum Gasteiger partial charge on any atom is -0.452 e. The first kappa shape index (κ1) is 9.90. The van der Waals surface area contributed by atoms with Crippen molar-refractivity contribution in [1.82, 2.24) is 0 Å². The average Bonchev–Trinajstić information content (AvgIpc) is 2.90. The van der Waals surface area contributed by atoms with Crippen molar-refractivity contribution in [2.24, 2.45) is 5.10 Å². The van der Waals surface area contributed by atoms with Crippen LogP contribution in [0.1, 0.15) is 11.8 Å². The number of para-hydroxylation sites is 1. The molecule has 2 aromatic rings. The van der Waals surface area contributed by atoms with Crippen molar-refractivity contribution >= 4 is 12.1 Å². The second-order valence-corrected chi connectivity index (χ2v) is 3.80. The first-order valence-electron chi connectivity index (χ1n) is 5.52. The normalized spacial score (nSPS) is 18.1. The van der Waals surface area contributed by atoms with Crippen LogP contribution in [0.4, 0.5) is 5.69 Å². The maximum Gasteiger partial charge on any atom is 0.219 e. The maximum absolute atomic E-state index is 5.54. The highest BCUT2D eigenvalue weighted by Gasteiger charge is 2.25. The van der Waals surface area contributed by atoms with Gasteiger partial charge < -0.3 is 4.74 Å². The Bertz CT molecular complexity index is 510. The van der Waals surface area contributed by atoms with Gasteiger partial charge in [0.15, 0.2) is 6.40 Å². The average molecular weight is 224 g/mol. The highest BCUT2D eigenvalue weighted by atomic mass is 16.5. The first-order valence-corrected chi connectivity index (χ1v) is 5.52. The van der Waals surface area contributed by atoms with Gasteiger partial charge in [-0.1, -0.05) is 48.5 Å². The third kappa shape index (κ3) is 1.87. The Morgan fingerprint density at radius 3 is 2.24 bits per heavy atom. The zero-order valence-electron chi connectivity index (χ0n) is 9.23. The summed E-state index contributed by atoms with van der Waals surface area (Å²) < 4.78 is 5.54. The third-order valence-electron chi connectivity index (χ3n) is 2.69. The molecule has 84 valence electrons. The lowest BCUT2D eigenvalue weighted by Gasteiger charge is -2.22. The van der Waals surface area contributed by atoms with E-state index >= 15 is 0 Å². The predicted octanol–water partition coefficient (Wildman–Crippen LogP) is 3.17. The van der Waals surface area contributed by atoms with Crippen molar-refractivity contribution in [2.75, 3.05) is 5.01 Å². The summed E-state index contributed by atoms with van der Waals surface area (Å²) in [5.41, 5.74) is 2.11. The zero-order valence-corrected chi connectivity index (χ0v) is 9.23. The van der Waals surface area contributed by atoms with Gasteiger partial charge >= 0.3 is 0 Å². The second-order valence-electron chi connectivity index (χ2n) is 3.80. The van der Waals surface area contributed by atoms with Crippen molar-refractivity contribution in [3.63, 3.8) is 0 Å². The van der Waals surface area contributed by atoms with Crippen LogP contribution in [0.15, 0.2) is 65.8 Å². The molecule has 1 heterocycles. The molecule has 0 spiro atoms. The Morgan fingerprint density at radius 2 is 1.53 bits per heavy atom. The number of rotatable bonds is 2. The molecule has 1 aliphatic heterocycles. The summed E-state index contributed by atoms with van der Waals surface area (Å²) >= 11 is 0. The SMILES string of the molecule is C1=NN(c2ccccc2)C(c2ccccc2)O1. The summed E-state index contributed by atoms with van der Waals surface area (Å²) in [6, 6.07) is 20.1. The highest BCUT2D eigenvalue weighted by molar-refractivity contribution is 5.59. The van der Waals surface area contributed by atoms with Crippen LogP contribution >= 0.6 is 0 Å². The number of ether oxygens (including phenoxy) is 1. The summed E-state index contributed by atoms with van der Waals surface area (Å²) in [7, 11) is 0. The second kappa shape index (κ2) is 4.29. The van der Waals surface area contributed by atoms with Crippen molar-refractivity contribution in [1.29, 1.82) is 0 Å².